The maximum absolute atomic E-state index is 11.9. The lowest BCUT2D eigenvalue weighted by atomic mass is 10.1. The van der Waals surface area contributed by atoms with Crippen molar-refractivity contribution < 1.29 is 14.4 Å². The van der Waals surface area contributed by atoms with Crippen molar-refractivity contribution in [3.8, 4) is 0 Å². The number of Topliss-reactive ketones (excluding diaryl/α,β-unsaturated/α-hetero) is 1. The van der Waals surface area contributed by atoms with Gasteiger partial charge in [0.15, 0.2) is 5.78 Å². The van der Waals surface area contributed by atoms with Crippen LogP contribution in [-0.4, -0.2) is 17.7 Å². The highest BCUT2D eigenvalue weighted by Gasteiger charge is 2.11. The molecule has 0 atom stereocenters. The van der Waals surface area contributed by atoms with Gasteiger partial charge in [-0.05, 0) is 29.8 Å². The predicted molar refractivity (Wildman–Crippen MR) is 94.4 cm³/mol. The second-order valence-electron chi connectivity index (χ2n) is 4.99. The number of benzene rings is 1. The molecular formula is C16H16ClN3O3S. The molecule has 0 saturated carbocycles. The Morgan fingerprint density at radius 1 is 1.04 bits per heavy atom. The zero-order chi connectivity index (χ0) is 17.5. The predicted octanol–water partition coefficient (Wildman–Crippen LogP) is 3.17. The summed E-state index contributed by atoms with van der Waals surface area (Å²) in [4.78, 5) is 35.0. The van der Waals surface area contributed by atoms with Crippen molar-refractivity contribution in [2.75, 3.05) is 5.32 Å². The number of ketones is 1. The molecule has 0 saturated heterocycles. The summed E-state index contributed by atoms with van der Waals surface area (Å²) in [6.07, 6.45) is 0.264. The lowest BCUT2D eigenvalue weighted by molar-refractivity contribution is -0.121. The van der Waals surface area contributed by atoms with Gasteiger partial charge in [-0.2, -0.15) is 0 Å². The number of urea groups is 1. The van der Waals surface area contributed by atoms with Crippen LogP contribution in [0.1, 0.15) is 28.1 Å². The minimum atomic E-state index is -0.632. The topological polar surface area (TPSA) is 101 Å². The zero-order valence-corrected chi connectivity index (χ0v) is 14.2. The minimum absolute atomic E-state index is 0.0936. The summed E-state index contributed by atoms with van der Waals surface area (Å²) in [6.45, 7) is 0.342. The number of carbonyl (C=O) groups excluding carboxylic acids is 3. The van der Waals surface area contributed by atoms with Crippen molar-refractivity contribution in [2.24, 2.45) is 5.73 Å². The summed E-state index contributed by atoms with van der Waals surface area (Å²) in [7, 11) is 0. The summed E-state index contributed by atoms with van der Waals surface area (Å²) in [6, 6.07) is 9.61. The highest BCUT2D eigenvalue weighted by molar-refractivity contribution is 7.18. The van der Waals surface area contributed by atoms with Crippen molar-refractivity contribution in [2.45, 2.75) is 19.4 Å². The fourth-order valence-electron chi connectivity index (χ4n) is 1.95. The van der Waals surface area contributed by atoms with E-state index in [0.29, 0.717) is 21.4 Å². The highest BCUT2D eigenvalue weighted by atomic mass is 35.5. The molecule has 0 fully saturated rings. The smallest absolute Gasteiger partial charge is 0.316 e. The monoisotopic (exact) mass is 365 g/mol. The summed E-state index contributed by atoms with van der Waals surface area (Å²) < 4.78 is 0.553. The normalized spacial score (nSPS) is 10.2. The van der Waals surface area contributed by atoms with Gasteiger partial charge in [0.25, 0.3) is 0 Å². The molecule has 24 heavy (non-hydrogen) atoms. The highest BCUT2D eigenvalue weighted by Crippen LogP contribution is 2.22. The van der Waals surface area contributed by atoms with Crippen molar-refractivity contribution in [3.63, 3.8) is 0 Å². The maximum atomic E-state index is 11.9. The average molecular weight is 366 g/mol. The fourth-order valence-corrected chi connectivity index (χ4v) is 2.96. The van der Waals surface area contributed by atoms with Gasteiger partial charge in [0.1, 0.15) is 0 Å². The molecule has 0 aliphatic rings. The molecule has 6 nitrogen and oxygen atoms in total. The molecule has 0 spiro atoms. The fraction of sp³-hybridized carbons (Fsp3) is 0.188. The molecule has 8 heteroatoms. The van der Waals surface area contributed by atoms with Gasteiger partial charge >= 0.3 is 6.03 Å². The second-order valence-corrected chi connectivity index (χ2v) is 6.70. The third-order valence-corrected chi connectivity index (χ3v) is 4.41. The molecule has 1 aromatic carbocycles. The van der Waals surface area contributed by atoms with Gasteiger partial charge in [-0.1, -0.05) is 23.7 Å². The number of thiophene rings is 1. The molecule has 126 valence electrons. The van der Waals surface area contributed by atoms with E-state index in [1.165, 1.54) is 11.3 Å². The molecule has 2 rings (SSSR count). The van der Waals surface area contributed by atoms with Crippen LogP contribution in [0.2, 0.25) is 4.34 Å². The van der Waals surface area contributed by atoms with E-state index in [2.05, 4.69) is 10.6 Å². The third kappa shape index (κ3) is 5.68. The summed E-state index contributed by atoms with van der Waals surface area (Å²) >= 11 is 6.99. The number of carbonyl (C=O) groups is 3. The number of hydrogen-bond donors (Lipinski definition) is 3. The van der Waals surface area contributed by atoms with Gasteiger partial charge in [0.2, 0.25) is 5.91 Å². The molecule has 1 aromatic heterocycles. The SMILES string of the molecule is NC(=O)Nc1ccc(CNC(=O)CCC(=O)c2ccc(Cl)s2)cc1. The Morgan fingerprint density at radius 3 is 2.33 bits per heavy atom. The molecule has 0 bridgehead atoms. The molecule has 2 aromatic rings. The van der Waals surface area contributed by atoms with Gasteiger partial charge in [-0.25, -0.2) is 4.79 Å². The van der Waals surface area contributed by atoms with E-state index < -0.39 is 6.03 Å². The first-order chi connectivity index (χ1) is 11.4. The van der Waals surface area contributed by atoms with Gasteiger partial charge in [-0.3, -0.25) is 9.59 Å². The van der Waals surface area contributed by atoms with Crippen LogP contribution < -0.4 is 16.4 Å². The number of amides is 3. The quantitative estimate of drug-likeness (QED) is 0.657. The van der Waals surface area contributed by atoms with Crippen molar-refractivity contribution >= 4 is 46.3 Å². The number of rotatable bonds is 7. The lowest BCUT2D eigenvalue weighted by Gasteiger charge is -2.06. The van der Waals surface area contributed by atoms with Crippen LogP contribution in [0.3, 0.4) is 0 Å². The minimum Gasteiger partial charge on any atom is -0.352 e. The number of primary amides is 1. The number of anilines is 1. The lowest BCUT2D eigenvalue weighted by Crippen LogP contribution is -2.23. The van der Waals surface area contributed by atoms with E-state index in [-0.39, 0.29) is 24.5 Å². The number of nitrogens with two attached hydrogens (primary N) is 1. The van der Waals surface area contributed by atoms with E-state index in [0.717, 1.165) is 5.56 Å². The molecule has 0 aliphatic carbocycles. The Bertz CT molecular complexity index is 743. The van der Waals surface area contributed by atoms with Crippen LogP contribution in [0.4, 0.5) is 10.5 Å². The Labute approximate surface area is 148 Å². The first-order valence-corrected chi connectivity index (χ1v) is 8.34. The zero-order valence-electron chi connectivity index (χ0n) is 12.7. The van der Waals surface area contributed by atoms with Crippen LogP contribution in [0.25, 0.3) is 0 Å². The molecule has 3 amide bonds. The Balaban J connectivity index is 1.74. The molecule has 0 unspecified atom stereocenters. The van der Waals surface area contributed by atoms with Crippen LogP contribution in [0.15, 0.2) is 36.4 Å². The average Bonchev–Trinajstić information content (AvgIpc) is 2.98. The summed E-state index contributed by atoms with van der Waals surface area (Å²) in [5.74, 6) is -0.297. The Kier molecular flexibility index (Phi) is 6.34. The maximum Gasteiger partial charge on any atom is 0.316 e. The summed E-state index contributed by atoms with van der Waals surface area (Å²) in [5, 5.41) is 5.20. The van der Waals surface area contributed by atoms with Crippen molar-refractivity contribution in [1.82, 2.24) is 5.32 Å². The second kappa shape index (κ2) is 8.47. The third-order valence-electron chi connectivity index (χ3n) is 3.14. The van der Waals surface area contributed by atoms with E-state index in [1.54, 1.807) is 36.4 Å². The van der Waals surface area contributed by atoms with E-state index in [4.69, 9.17) is 17.3 Å². The van der Waals surface area contributed by atoms with Gasteiger partial charge < -0.3 is 16.4 Å². The van der Waals surface area contributed by atoms with Gasteiger partial charge in [0.05, 0.1) is 9.21 Å². The van der Waals surface area contributed by atoms with Crippen molar-refractivity contribution in [3.05, 3.63) is 51.2 Å². The molecule has 1 heterocycles. The number of hydrogen-bond acceptors (Lipinski definition) is 4. The van der Waals surface area contributed by atoms with E-state index in [1.807, 2.05) is 0 Å². The molecular weight excluding hydrogens is 350 g/mol. The first kappa shape index (κ1) is 18.0. The number of nitrogens with one attached hydrogen (secondary N) is 2. The molecule has 0 aliphatic heterocycles. The van der Waals surface area contributed by atoms with Gasteiger partial charge in [0, 0.05) is 25.1 Å². The van der Waals surface area contributed by atoms with Gasteiger partial charge in [-0.15, -0.1) is 11.3 Å². The largest absolute Gasteiger partial charge is 0.352 e. The van der Waals surface area contributed by atoms with E-state index in [9.17, 15) is 14.4 Å². The van der Waals surface area contributed by atoms with E-state index >= 15 is 0 Å². The summed E-state index contributed by atoms with van der Waals surface area (Å²) in [5.41, 5.74) is 6.47. The van der Waals surface area contributed by atoms with Crippen LogP contribution >= 0.6 is 22.9 Å². The first-order valence-electron chi connectivity index (χ1n) is 7.14. The Hall–Kier alpha value is -2.38. The van der Waals surface area contributed by atoms with Crippen LogP contribution in [-0.2, 0) is 11.3 Å². The van der Waals surface area contributed by atoms with Crippen molar-refractivity contribution in [1.29, 1.82) is 0 Å². The number of halogens is 1. The standard InChI is InChI=1S/C16H16ClN3O3S/c17-14-7-6-13(24-14)12(21)5-8-15(22)19-9-10-1-3-11(4-2-10)20-16(18)23/h1-4,6-7H,5,8-9H2,(H,19,22)(H3,18,20,23). The molecule has 0 radical (unpaired) electrons. The van der Waals surface area contributed by atoms with Crippen LogP contribution in [0.5, 0.6) is 0 Å². The van der Waals surface area contributed by atoms with Crippen LogP contribution in [0, 0.1) is 0 Å². The Morgan fingerprint density at radius 2 is 1.75 bits per heavy atom. The molecule has 4 N–H and O–H groups in total.